The van der Waals surface area contributed by atoms with Crippen molar-refractivity contribution in [2.24, 2.45) is 5.92 Å². The summed E-state index contributed by atoms with van der Waals surface area (Å²) in [6.07, 6.45) is -1.73. The number of alkyl halides is 3. The molecule has 0 saturated carbocycles. The molecular formula is C21H22F3NO2. The molecule has 1 aliphatic rings. The quantitative estimate of drug-likeness (QED) is 0.824. The van der Waals surface area contributed by atoms with Crippen LogP contribution >= 0.6 is 0 Å². The van der Waals surface area contributed by atoms with E-state index in [1.54, 1.807) is 29.2 Å². The van der Waals surface area contributed by atoms with Gasteiger partial charge in [-0.2, -0.15) is 13.2 Å². The molecule has 1 fully saturated rings. The fourth-order valence-corrected chi connectivity index (χ4v) is 3.68. The van der Waals surface area contributed by atoms with Crippen molar-refractivity contribution in [2.75, 3.05) is 13.1 Å². The summed E-state index contributed by atoms with van der Waals surface area (Å²) >= 11 is 0. The Hall–Kier alpha value is -2.50. The maximum atomic E-state index is 13.1. The van der Waals surface area contributed by atoms with Crippen LogP contribution < -0.4 is 0 Å². The van der Waals surface area contributed by atoms with Crippen LogP contribution in [0.3, 0.4) is 0 Å². The van der Waals surface area contributed by atoms with Gasteiger partial charge in [-0.3, -0.25) is 4.79 Å². The highest BCUT2D eigenvalue weighted by Gasteiger charge is 2.33. The number of phenols is 1. The second kappa shape index (κ2) is 8.03. The van der Waals surface area contributed by atoms with Crippen LogP contribution in [0.4, 0.5) is 13.2 Å². The van der Waals surface area contributed by atoms with Crippen molar-refractivity contribution < 1.29 is 23.1 Å². The summed E-state index contributed by atoms with van der Waals surface area (Å²) < 4.78 is 39.4. The number of halogens is 3. The van der Waals surface area contributed by atoms with Crippen LogP contribution in [0, 0.1) is 5.92 Å². The lowest BCUT2D eigenvalue weighted by atomic mass is 9.90. The number of para-hydroxylation sites is 1. The van der Waals surface area contributed by atoms with Crippen molar-refractivity contribution in [2.45, 2.75) is 31.9 Å². The molecule has 0 unspecified atom stereocenters. The second-order valence-corrected chi connectivity index (χ2v) is 6.97. The van der Waals surface area contributed by atoms with Gasteiger partial charge in [0.25, 0.3) is 5.91 Å². The molecule has 1 aliphatic heterocycles. The number of hydrogen-bond donors (Lipinski definition) is 1. The van der Waals surface area contributed by atoms with Crippen LogP contribution in [-0.4, -0.2) is 29.0 Å². The van der Waals surface area contributed by atoms with Gasteiger partial charge < -0.3 is 10.0 Å². The van der Waals surface area contributed by atoms with E-state index in [0.29, 0.717) is 31.5 Å². The summed E-state index contributed by atoms with van der Waals surface area (Å²) in [6, 6.07) is 12.1. The molecule has 1 N–H and O–H groups in total. The largest absolute Gasteiger partial charge is 0.507 e. The van der Waals surface area contributed by atoms with E-state index < -0.39 is 11.7 Å². The lowest BCUT2D eigenvalue weighted by Crippen LogP contribution is -2.40. The Morgan fingerprint density at radius 1 is 1.11 bits per heavy atom. The van der Waals surface area contributed by atoms with Gasteiger partial charge in [0.1, 0.15) is 5.75 Å². The average Bonchev–Trinajstić information content (AvgIpc) is 2.66. The average molecular weight is 377 g/mol. The molecule has 0 aromatic heterocycles. The van der Waals surface area contributed by atoms with Crippen molar-refractivity contribution in [3.8, 4) is 5.75 Å². The van der Waals surface area contributed by atoms with Crippen molar-refractivity contribution in [3.63, 3.8) is 0 Å². The highest BCUT2D eigenvalue weighted by molar-refractivity contribution is 5.96. The number of piperidine rings is 1. The predicted molar refractivity (Wildman–Crippen MR) is 96.5 cm³/mol. The first-order chi connectivity index (χ1) is 12.9. The fraction of sp³-hybridized carbons (Fsp3) is 0.381. The van der Waals surface area contributed by atoms with Crippen molar-refractivity contribution >= 4 is 5.91 Å². The molecule has 1 atom stereocenters. The monoisotopic (exact) mass is 377 g/mol. The molecule has 1 saturated heterocycles. The number of likely N-dealkylation sites (tertiary alicyclic amines) is 1. The van der Waals surface area contributed by atoms with Crippen LogP contribution in [-0.2, 0) is 12.6 Å². The standard InChI is InChI=1S/C21H22F3NO2/c22-21(23,24)18-9-3-1-7-16(18)12-11-15-6-5-13-25(14-15)20(27)17-8-2-4-10-19(17)26/h1-4,7-10,15,26H,5-6,11-14H2/t15-/m0/s1. The lowest BCUT2D eigenvalue weighted by molar-refractivity contribution is -0.138. The molecular weight excluding hydrogens is 355 g/mol. The van der Waals surface area contributed by atoms with Gasteiger partial charge >= 0.3 is 6.18 Å². The third-order valence-corrected chi connectivity index (χ3v) is 5.09. The minimum atomic E-state index is -4.35. The smallest absolute Gasteiger partial charge is 0.416 e. The highest BCUT2D eigenvalue weighted by Crippen LogP contribution is 2.33. The van der Waals surface area contributed by atoms with E-state index in [1.807, 2.05) is 0 Å². The number of amides is 1. The zero-order chi connectivity index (χ0) is 19.4. The maximum Gasteiger partial charge on any atom is 0.416 e. The molecule has 0 aliphatic carbocycles. The second-order valence-electron chi connectivity index (χ2n) is 6.97. The lowest BCUT2D eigenvalue weighted by Gasteiger charge is -2.33. The number of nitrogens with zero attached hydrogens (tertiary/aromatic N) is 1. The number of benzene rings is 2. The number of phenolic OH excluding ortho intramolecular Hbond substituents is 1. The summed E-state index contributed by atoms with van der Waals surface area (Å²) in [5.41, 5.74) is -0.0160. The Labute approximate surface area is 156 Å². The van der Waals surface area contributed by atoms with Crippen molar-refractivity contribution in [1.82, 2.24) is 4.90 Å². The van der Waals surface area contributed by atoms with Gasteiger partial charge in [0.15, 0.2) is 0 Å². The Bertz CT molecular complexity index is 804. The summed E-state index contributed by atoms with van der Waals surface area (Å²) in [6.45, 7) is 1.10. The third-order valence-electron chi connectivity index (χ3n) is 5.09. The number of carbonyl (C=O) groups is 1. The fourth-order valence-electron chi connectivity index (χ4n) is 3.68. The SMILES string of the molecule is O=C(c1ccccc1O)N1CCC[C@@H](CCc2ccccc2C(F)(F)F)C1. The van der Waals surface area contributed by atoms with Gasteiger partial charge in [-0.05, 0) is 55.4 Å². The number of hydrogen-bond acceptors (Lipinski definition) is 2. The van der Waals surface area contributed by atoms with Gasteiger partial charge in [0, 0.05) is 13.1 Å². The third kappa shape index (κ3) is 4.62. The summed E-state index contributed by atoms with van der Waals surface area (Å²) in [4.78, 5) is 14.3. The minimum absolute atomic E-state index is 0.0521. The molecule has 3 rings (SSSR count). The molecule has 2 aromatic rings. The Balaban J connectivity index is 1.65. The predicted octanol–water partition coefficient (Wildman–Crippen LogP) is 4.90. The molecule has 1 amide bonds. The number of aryl methyl sites for hydroxylation is 1. The zero-order valence-electron chi connectivity index (χ0n) is 14.9. The Morgan fingerprint density at radius 2 is 1.81 bits per heavy atom. The molecule has 3 nitrogen and oxygen atoms in total. The van der Waals surface area contributed by atoms with Crippen molar-refractivity contribution in [1.29, 1.82) is 0 Å². The van der Waals surface area contributed by atoms with Gasteiger partial charge in [-0.25, -0.2) is 0 Å². The number of rotatable bonds is 4. The summed E-state index contributed by atoms with van der Waals surface area (Å²) in [7, 11) is 0. The first-order valence-electron chi connectivity index (χ1n) is 9.08. The van der Waals surface area contributed by atoms with Gasteiger partial charge in [0.2, 0.25) is 0 Å². The molecule has 1 heterocycles. The van der Waals surface area contributed by atoms with Crippen LogP contribution in [0.15, 0.2) is 48.5 Å². The molecule has 2 aromatic carbocycles. The first-order valence-corrected chi connectivity index (χ1v) is 9.08. The van der Waals surface area contributed by atoms with E-state index >= 15 is 0 Å². The van der Waals surface area contributed by atoms with Crippen LogP contribution in [0.1, 0.15) is 40.7 Å². The maximum absolute atomic E-state index is 13.1. The first kappa shape index (κ1) is 19.3. The molecule has 0 bridgehead atoms. The summed E-state index contributed by atoms with van der Waals surface area (Å²) in [5, 5.41) is 9.88. The van der Waals surface area contributed by atoms with E-state index in [4.69, 9.17) is 0 Å². The van der Waals surface area contributed by atoms with Crippen LogP contribution in [0.5, 0.6) is 5.75 Å². The van der Waals surface area contributed by atoms with E-state index in [1.165, 1.54) is 18.2 Å². The molecule has 0 spiro atoms. The minimum Gasteiger partial charge on any atom is -0.507 e. The van der Waals surface area contributed by atoms with Crippen molar-refractivity contribution in [3.05, 3.63) is 65.2 Å². The van der Waals surface area contributed by atoms with Crippen LogP contribution in [0.25, 0.3) is 0 Å². The highest BCUT2D eigenvalue weighted by atomic mass is 19.4. The van der Waals surface area contributed by atoms with E-state index in [9.17, 15) is 23.1 Å². The summed E-state index contributed by atoms with van der Waals surface area (Å²) in [5.74, 6) is -0.132. The van der Waals surface area contributed by atoms with Gasteiger partial charge in [-0.15, -0.1) is 0 Å². The van der Waals surface area contributed by atoms with E-state index in [-0.39, 0.29) is 23.1 Å². The number of carbonyl (C=O) groups excluding carboxylic acids is 1. The molecule has 6 heteroatoms. The molecule has 27 heavy (non-hydrogen) atoms. The molecule has 144 valence electrons. The molecule has 0 radical (unpaired) electrons. The normalized spacial score (nSPS) is 17.7. The topological polar surface area (TPSA) is 40.5 Å². The van der Waals surface area contributed by atoms with Gasteiger partial charge in [0.05, 0.1) is 11.1 Å². The van der Waals surface area contributed by atoms with E-state index in [2.05, 4.69) is 0 Å². The Morgan fingerprint density at radius 3 is 2.56 bits per heavy atom. The zero-order valence-corrected chi connectivity index (χ0v) is 14.9. The van der Waals surface area contributed by atoms with Crippen LogP contribution in [0.2, 0.25) is 0 Å². The Kier molecular flexibility index (Phi) is 5.73. The van der Waals surface area contributed by atoms with Gasteiger partial charge in [-0.1, -0.05) is 30.3 Å². The number of aromatic hydroxyl groups is 1. The van der Waals surface area contributed by atoms with E-state index in [0.717, 1.165) is 18.9 Å².